The number of carboxylic acids is 1. The molecule has 5 saturated heterocycles. The number of phosphoric acid groups is 1. The number of piperidine rings is 4. The van der Waals surface area contributed by atoms with Gasteiger partial charge < -0.3 is 60.4 Å². The van der Waals surface area contributed by atoms with E-state index in [1.807, 2.05) is 124 Å². The largest absolute Gasteiger partial charge is 0.524 e. The zero-order chi connectivity index (χ0) is 99.4. The van der Waals surface area contributed by atoms with Crippen molar-refractivity contribution in [1.29, 1.82) is 0 Å². The summed E-state index contributed by atoms with van der Waals surface area (Å²) in [5.41, 5.74) is 9.93. The van der Waals surface area contributed by atoms with E-state index >= 15 is 0 Å². The Bertz CT molecular complexity index is 5520. The number of rotatable bonds is 35. The van der Waals surface area contributed by atoms with Gasteiger partial charge in [0.05, 0.1) is 93.0 Å². The standard InChI is InChI=1S/C24H31N3O6S.C23H27NO7S.C20H26NO7PS.C20H25NO4S.C4H4O3.C3H8O2.I2/c25-15-23(29)26-16-24(30)33-20-6-8-21(9-7-20)34(31,32)13-12-27-11-10-19(22(28)17-27)14-18-4-2-1-3-5-18;25-21-16-24(11-10-18(21)14-17-4-2-1-3-5-17)12-13-32(29,30)20-8-6-19(7-9-20)31-23(28)15-22(26)27;22-20-15-21(11-10-17(20)14-16-4-2-1-3-5-16)12-13-30(26,27)19-8-6-18(7-9-19)28-29(23,24)25;22-18-6-8-19(9-7-18)26(24,25)13-12-21-11-10-17(20(23)15-21)14-16-4-2-1-3-5-16;5-3-1-2-4(6)7-3;1-2-3-5-4;1-2/h1-9,19,22,28H,10-17,25H2,(H,26,29);1-9,18,21,25H,10-16H2,(H,26,27);1-9,17,20,22H,10-15H2,(H2,23,24,25);1-9,17,20,22-23H,10-15H2;1-2H2;4H,2-3H2,1H3;/t19-,22-;18-,21-;2*17-,20-;;;/m1111.../s1. The Morgan fingerprint density at radius 3 is 0.963 bits per heavy atom. The smallest absolute Gasteiger partial charge is 0.508 e. The number of aliphatic carboxylic acids is 1. The molecule has 5 fully saturated rings. The third-order valence-corrected chi connectivity index (χ3v) is 30.0. The molecule has 5 aliphatic rings. The van der Waals surface area contributed by atoms with Crippen molar-refractivity contribution >= 4 is 120 Å². The van der Waals surface area contributed by atoms with Crippen molar-refractivity contribution in [1.82, 2.24) is 24.9 Å². The highest BCUT2D eigenvalue weighted by Gasteiger charge is 2.34. The molecule has 12 N–H and O–H groups in total. The van der Waals surface area contributed by atoms with Crippen LogP contribution in [0.25, 0.3) is 0 Å². The van der Waals surface area contributed by atoms with E-state index in [1.165, 1.54) is 119 Å². The van der Waals surface area contributed by atoms with Crippen molar-refractivity contribution in [2.45, 2.75) is 128 Å². The number of phenolic OH excluding ortho intramolecular Hbond substituents is 1. The molecule has 0 saturated carbocycles. The number of β-amino-alcohol motifs (C(OH)–C–C–N with tert-alkyl or cyclic N) is 4. The SMILES string of the molecule is CCCOO.II.NCC(=O)NCC(=O)Oc1ccc(S(=O)(=O)CCN2CC[C@H](Cc3ccccc3)[C@H](O)C2)cc1.O=C(O)CC(=O)Oc1ccc(S(=O)(=O)CCN2CC[C@H](Cc3ccccc3)[C@H](O)C2)cc1.O=C1CCC(=O)O1.O=P(O)(O)Oc1ccc(S(=O)(=O)CCN2CC[C@H](Cc3ccccc3)[C@H](O)C2)cc1.O=S(=O)(CCN1CC[C@H](Cc2ccccc2)[C@H](O)C1)c1ccc(O)cc1. The molecule has 8 aromatic carbocycles. The number of hydrogen-bond donors (Lipinski definition) is 11. The Kier molecular flexibility index (Phi) is 49.1. The number of halogens is 2. The minimum Gasteiger partial charge on any atom is -0.508 e. The number of hydrogen-bond acceptors (Lipinski definition) is 31. The number of nitrogens with two attached hydrogens (primary N) is 1. The molecule has 0 unspecified atom stereocenters. The second-order valence-corrected chi connectivity index (χ2v) is 42.5. The lowest BCUT2D eigenvalue weighted by atomic mass is 9.88. The number of aliphatic hydroxyl groups is 4. The van der Waals surface area contributed by atoms with Gasteiger partial charge in [0.25, 0.3) is 0 Å². The van der Waals surface area contributed by atoms with Crippen LogP contribution in [0.15, 0.2) is 238 Å². The lowest BCUT2D eigenvalue weighted by Crippen LogP contribution is -2.46. The molecule has 0 spiro atoms. The predicted molar refractivity (Wildman–Crippen MR) is 524 cm³/mol. The Morgan fingerprint density at radius 1 is 0.449 bits per heavy atom. The lowest BCUT2D eigenvalue weighted by molar-refractivity contribution is -0.241. The summed E-state index contributed by atoms with van der Waals surface area (Å²) >= 11 is 4.24. The summed E-state index contributed by atoms with van der Waals surface area (Å²) in [4.78, 5) is 94.4. The number of phenols is 1. The first kappa shape index (κ1) is 114. The van der Waals surface area contributed by atoms with Crippen LogP contribution in [-0.4, -0.2) is 280 Å². The number of esters is 4. The third-order valence-electron chi connectivity index (χ3n) is 22.7. The summed E-state index contributed by atoms with van der Waals surface area (Å²) < 4.78 is 130. The van der Waals surface area contributed by atoms with Crippen LogP contribution >= 0.6 is 45.1 Å². The number of aromatic hydroxyl groups is 1. The van der Waals surface area contributed by atoms with Crippen LogP contribution in [-0.2, 0) is 108 Å². The summed E-state index contributed by atoms with van der Waals surface area (Å²) in [5.74, 6) is -3.59. The van der Waals surface area contributed by atoms with E-state index in [-0.39, 0.29) is 115 Å². The van der Waals surface area contributed by atoms with Crippen LogP contribution in [0.1, 0.15) is 80.5 Å². The second kappa shape index (κ2) is 58.4. The number of amides is 1. The number of ether oxygens (including phenoxy) is 3. The summed E-state index contributed by atoms with van der Waals surface area (Å²) in [7, 11) is -18.8. The van der Waals surface area contributed by atoms with Gasteiger partial charge in [0.15, 0.2) is 39.3 Å². The van der Waals surface area contributed by atoms with Crippen molar-refractivity contribution < 1.29 is 136 Å². The van der Waals surface area contributed by atoms with Gasteiger partial charge >= 0.3 is 37.7 Å². The Labute approximate surface area is 817 Å². The molecular weight excluding hydrogens is 2090 g/mol. The van der Waals surface area contributed by atoms with Crippen LogP contribution in [0.5, 0.6) is 23.0 Å². The fourth-order valence-corrected chi connectivity index (χ4v) is 20.8. The molecule has 0 aromatic heterocycles. The van der Waals surface area contributed by atoms with Crippen molar-refractivity contribution in [3.8, 4) is 23.0 Å². The molecule has 744 valence electrons. The van der Waals surface area contributed by atoms with Crippen LogP contribution < -0.4 is 25.0 Å². The van der Waals surface area contributed by atoms with E-state index in [2.05, 4.69) is 81.0 Å². The number of aliphatic hydroxyl groups excluding tert-OH is 4. The number of likely N-dealkylation sites (tertiary alicyclic amines) is 4. The van der Waals surface area contributed by atoms with Gasteiger partial charge in [0.2, 0.25) is 5.91 Å². The minimum atomic E-state index is -4.69. The van der Waals surface area contributed by atoms with Gasteiger partial charge in [-0.05, 0) is 227 Å². The van der Waals surface area contributed by atoms with E-state index in [9.17, 15) is 92.5 Å². The minimum absolute atomic E-state index is 0.00778. The number of cyclic esters (lactones) is 2. The van der Waals surface area contributed by atoms with Gasteiger partial charge in [0.1, 0.15) is 36.0 Å². The first-order chi connectivity index (χ1) is 64.7. The lowest BCUT2D eigenvalue weighted by Gasteiger charge is -2.36. The van der Waals surface area contributed by atoms with Crippen molar-refractivity contribution in [3.63, 3.8) is 0 Å². The van der Waals surface area contributed by atoms with E-state index < -0.39 is 114 Å². The number of carboxylic acid groups (broad SMARTS) is 1. The Balaban J connectivity index is 0.000000236. The van der Waals surface area contributed by atoms with Crippen LogP contribution in [0.3, 0.4) is 0 Å². The van der Waals surface area contributed by atoms with E-state index in [0.29, 0.717) is 59.0 Å². The maximum absolute atomic E-state index is 12.7. The summed E-state index contributed by atoms with van der Waals surface area (Å²) in [6.45, 7) is 7.95. The van der Waals surface area contributed by atoms with E-state index in [4.69, 9.17) is 35.4 Å². The number of nitrogens with zero attached hydrogens (tertiary/aromatic N) is 4. The molecule has 42 heteroatoms. The number of carbonyl (C=O) groups excluding carboxylic acids is 5. The molecule has 5 heterocycles. The topological polar surface area (TPSA) is 535 Å². The summed E-state index contributed by atoms with van der Waals surface area (Å²) in [6.07, 6.45) is 5.19. The Morgan fingerprint density at radius 2 is 0.728 bits per heavy atom. The summed E-state index contributed by atoms with van der Waals surface area (Å²) in [5, 5.41) is 69.8. The average Bonchev–Trinajstić information content (AvgIpc) is 1.31. The first-order valence-electron chi connectivity index (χ1n) is 44.0. The molecule has 0 radical (unpaired) electrons. The van der Waals surface area contributed by atoms with Gasteiger partial charge in [0, 0.05) is 89.6 Å². The molecule has 13 rings (SSSR count). The first-order valence-corrected chi connectivity index (χ1v) is 58.5. The van der Waals surface area contributed by atoms with Crippen molar-refractivity contribution in [2.24, 2.45) is 29.4 Å². The molecule has 5 aliphatic heterocycles. The van der Waals surface area contributed by atoms with Gasteiger partial charge in [-0.25, -0.2) is 47.9 Å². The number of benzene rings is 8. The number of phosphoric ester groups is 1. The van der Waals surface area contributed by atoms with Crippen LogP contribution in [0, 0.1) is 23.7 Å². The van der Waals surface area contributed by atoms with Crippen molar-refractivity contribution in [2.75, 3.05) is 121 Å². The monoisotopic (exact) mass is 2210 g/mol. The Hall–Kier alpha value is -8.65. The number of sulfone groups is 4. The van der Waals surface area contributed by atoms with Crippen LogP contribution in [0.2, 0.25) is 0 Å². The highest BCUT2D eigenvalue weighted by Crippen LogP contribution is 2.38. The molecule has 0 aliphatic carbocycles. The molecular formula is C94H121I2N6O29PS4. The van der Waals surface area contributed by atoms with Gasteiger partial charge in [-0.15, -0.1) is 0 Å². The molecule has 0 bridgehead atoms. The molecule has 8 atom stereocenters. The van der Waals surface area contributed by atoms with Gasteiger partial charge in [-0.1, -0.05) is 128 Å². The van der Waals surface area contributed by atoms with Crippen molar-refractivity contribution in [3.05, 3.63) is 241 Å². The predicted octanol–water partition coefficient (Wildman–Crippen LogP) is 8.59. The van der Waals surface area contributed by atoms with Gasteiger partial charge in [-0.2, -0.15) is 0 Å². The van der Waals surface area contributed by atoms with Crippen LogP contribution in [0.4, 0.5) is 0 Å². The number of nitrogens with one attached hydrogen (secondary N) is 1. The van der Waals surface area contributed by atoms with E-state index in [1.54, 1.807) is 0 Å². The zero-order valence-electron chi connectivity index (χ0n) is 75.2. The molecule has 136 heavy (non-hydrogen) atoms. The highest BCUT2D eigenvalue weighted by molar-refractivity contribution is 15.0. The maximum atomic E-state index is 12.7. The molecule has 35 nitrogen and oxygen atoms in total. The third kappa shape index (κ3) is 42.2. The second-order valence-electron chi connectivity index (χ2n) is 32.9. The highest BCUT2D eigenvalue weighted by atomic mass is 128. The zero-order valence-corrected chi connectivity index (χ0v) is 83.7. The fourth-order valence-electron chi connectivity index (χ4n) is 15.2. The fraction of sp³-hybridized carbons (Fsp3) is 0.426. The molecule has 8 aromatic rings. The van der Waals surface area contributed by atoms with E-state index in [0.717, 1.165) is 84.0 Å². The number of carbonyl (C=O) groups is 6. The van der Waals surface area contributed by atoms with Gasteiger partial charge in [-0.3, -0.25) is 58.6 Å². The quantitative estimate of drug-likeness (QED) is 0.00337. The average molecular weight is 2210 g/mol. The normalized spacial score (nSPS) is 19.4. The molecule has 1 amide bonds. The maximum Gasteiger partial charge on any atom is 0.524 e. The summed E-state index contributed by atoms with van der Waals surface area (Å²) in [6, 6.07) is 61.6.